The molecule has 8 heteroatoms. The Kier molecular flexibility index (Phi) is 8.09. The molecule has 2 aromatic rings. The molecule has 2 aromatic carbocycles. The molecule has 0 spiro atoms. The minimum absolute atomic E-state index is 0.154. The van der Waals surface area contributed by atoms with Crippen LogP contribution in [-0.2, 0) is 9.59 Å². The lowest BCUT2D eigenvalue weighted by Gasteiger charge is -2.20. The Balaban J connectivity index is 2.13. The minimum Gasteiger partial charge on any atom is -0.481 e. The van der Waals surface area contributed by atoms with Gasteiger partial charge >= 0.3 is 5.97 Å². The van der Waals surface area contributed by atoms with Crippen molar-refractivity contribution in [3.63, 3.8) is 0 Å². The van der Waals surface area contributed by atoms with Crippen LogP contribution < -0.4 is 5.32 Å². The molecule has 2 N–H and O–H groups in total. The van der Waals surface area contributed by atoms with Crippen LogP contribution >= 0.6 is 11.8 Å². The van der Waals surface area contributed by atoms with Crippen molar-refractivity contribution in [2.24, 2.45) is 11.1 Å². The summed E-state index contributed by atoms with van der Waals surface area (Å²) >= 11 is 0.972. The SMILES string of the molecule is CC(=O)SCC(CC(=O)O)C(N=O)c1ccc(NC(=O)c2ccc(C)cc2)cc1. The number of nitrogens with one attached hydrogen (secondary N) is 1. The maximum Gasteiger partial charge on any atom is 0.303 e. The van der Waals surface area contributed by atoms with E-state index in [4.69, 9.17) is 5.11 Å². The fraction of sp³-hybridized carbons (Fsp3) is 0.286. The zero-order valence-electron chi connectivity index (χ0n) is 16.1. The third kappa shape index (κ3) is 6.83. The van der Waals surface area contributed by atoms with E-state index in [-0.39, 0.29) is 23.2 Å². The van der Waals surface area contributed by atoms with Crippen molar-refractivity contribution < 1.29 is 19.5 Å². The maximum atomic E-state index is 12.3. The van der Waals surface area contributed by atoms with Crippen LogP contribution in [0.1, 0.15) is 40.9 Å². The molecule has 7 nitrogen and oxygen atoms in total. The largest absolute Gasteiger partial charge is 0.481 e. The molecular weight excluding hydrogens is 392 g/mol. The Morgan fingerprint density at radius 3 is 2.21 bits per heavy atom. The Bertz CT molecular complexity index is 881. The number of benzene rings is 2. The molecule has 0 aliphatic heterocycles. The van der Waals surface area contributed by atoms with Gasteiger partial charge in [0, 0.05) is 29.8 Å². The highest BCUT2D eigenvalue weighted by atomic mass is 32.2. The number of nitroso groups, excluding NO2 is 1. The van der Waals surface area contributed by atoms with E-state index in [0.717, 1.165) is 17.3 Å². The van der Waals surface area contributed by atoms with Crippen LogP contribution in [0.5, 0.6) is 0 Å². The second-order valence-electron chi connectivity index (χ2n) is 6.65. The number of hydrogen-bond acceptors (Lipinski definition) is 6. The molecule has 0 saturated carbocycles. The minimum atomic E-state index is -1.06. The number of amides is 1. The zero-order valence-corrected chi connectivity index (χ0v) is 16.9. The van der Waals surface area contributed by atoms with Gasteiger partial charge in [0.15, 0.2) is 5.12 Å². The van der Waals surface area contributed by atoms with Gasteiger partial charge in [-0.3, -0.25) is 14.4 Å². The van der Waals surface area contributed by atoms with Gasteiger partial charge in [-0.05, 0) is 36.8 Å². The van der Waals surface area contributed by atoms with Crippen LogP contribution in [0.3, 0.4) is 0 Å². The van der Waals surface area contributed by atoms with Gasteiger partial charge in [-0.15, -0.1) is 0 Å². The summed E-state index contributed by atoms with van der Waals surface area (Å²) in [6, 6.07) is 12.8. The predicted molar refractivity (Wildman–Crippen MR) is 113 cm³/mol. The molecule has 2 atom stereocenters. The molecule has 0 aliphatic carbocycles. The average molecular weight is 414 g/mol. The summed E-state index contributed by atoms with van der Waals surface area (Å²) in [5.74, 6) is -1.75. The van der Waals surface area contributed by atoms with Gasteiger partial charge in [-0.25, -0.2) is 0 Å². The molecule has 0 fully saturated rings. The first-order valence-electron chi connectivity index (χ1n) is 8.95. The van der Waals surface area contributed by atoms with Crippen molar-refractivity contribution in [1.29, 1.82) is 0 Å². The summed E-state index contributed by atoms with van der Waals surface area (Å²) in [4.78, 5) is 46.1. The lowest BCUT2D eigenvalue weighted by Crippen LogP contribution is -2.18. The topological polar surface area (TPSA) is 113 Å². The summed E-state index contributed by atoms with van der Waals surface area (Å²) in [6.45, 7) is 3.32. The van der Waals surface area contributed by atoms with E-state index in [1.807, 2.05) is 19.1 Å². The first-order valence-corrected chi connectivity index (χ1v) is 9.94. The second-order valence-corrected chi connectivity index (χ2v) is 7.85. The number of thioether (sulfide) groups is 1. The molecule has 0 bridgehead atoms. The van der Waals surface area contributed by atoms with E-state index in [9.17, 15) is 19.3 Å². The molecule has 2 rings (SSSR count). The highest BCUT2D eigenvalue weighted by Crippen LogP contribution is 2.32. The number of carbonyl (C=O) groups excluding carboxylic acids is 2. The lowest BCUT2D eigenvalue weighted by molar-refractivity contribution is -0.138. The van der Waals surface area contributed by atoms with Crippen LogP contribution in [0.15, 0.2) is 53.7 Å². The van der Waals surface area contributed by atoms with Crippen LogP contribution in [-0.4, -0.2) is 27.9 Å². The molecule has 0 saturated heterocycles. The Hall–Kier alpha value is -3.00. The number of carboxylic acids is 1. The second kappa shape index (κ2) is 10.5. The number of aliphatic carboxylic acids is 1. The first-order chi connectivity index (χ1) is 13.8. The molecule has 1 amide bonds. The number of anilines is 1. The molecule has 29 heavy (non-hydrogen) atoms. The van der Waals surface area contributed by atoms with Crippen molar-refractivity contribution in [2.75, 3.05) is 11.1 Å². The summed E-state index contributed by atoms with van der Waals surface area (Å²) < 4.78 is 0. The molecule has 0 radical (unpaired) electrons. The van der Waals surface area contributed by atoms with Gasteiger partial charge in [0.25, 0.3) is 5.91 Å². The molecule has 2 unspecified atom stereocenters. The normalized spacial score (nSPS) is 12.6. The first kappa shape index (κ1) is 22.3. The quantitative estimate of drug-likeness (QED) is 0.587. The Morgan fingerprint density at radius 1 is 1.07 bits per heavy atom. The Morgan fingerprint density at radius 2 is 1.69 bits per heavy atom. The summed E-state index contributed by atoms with van der Waals surface area (Å²) in [6.07, 6.45) is -0.275. The molecule has 0 aliphatic rings. The van der Waals surface area contributed by atoms with Crippen LogP contribution in [0.2, 0.25) is 0 Å². The average Bonchev–Trinajstić information content (AvgIpc) is 2.67. The summed E-state index contributed by atoms with van der Waals surface area (Å²) in [7, 11) is 0. The van der Waals surface area contributed by atoms with Crippen molar-refractivity contribution in [2.45, 2.75) is 26.3 Å². The number of hydrogen-bond donors (Lipinski definition) is 2. The van der Waals surface area contributed by atoms with Crippen LogP contribution in [0.25, 0.3) is 0 Å². The number of aryl methyl sites for hydroxylation is 1. The molecule has 152 valence electrons. The maximum absolute atomic E-state index is 12.3. The van der Waals surface area contributed by atoms with E-state index in [1.165, 1.54) is 6.92 Å². The fourth-order valence-corrected chi connectivity index (χ4v) is 3.55. The predicted octanol–water partition coefficient (Wildman–Crippen LogP) is 4.43. The standard InChI is InChI=1S/C21H22N2O5S/c1-13-3-5-16(6-4-13)21(27)22-18-9-7-15(8-10-18)20(23-28)17(11-19(25)26)12-29-14(2)24/h3-10,17,20H,11-12H2,1-2H3,(H,22,27)(H,25,26). The van der Waals surface area contributed by atoms with Crippen molar-refractivity contribution in [1.82, 2.24) is 0 Å². The van der Waals surface area contributed by atoms with Crippen molar-refractivity contribution >= 4 is 34.4 Å². The van der Waals surface area contributed by atoms with Gasteiger partial charge in [0.2, 0.25) is 0 Å². The highest BCUT2D eigenvalue weighted by molar-refractivity contribution is 8.13. The van der Waals surface area contributed by atoms with Crippen LogP contribution in [0.4, 0.5) is 5.69 Å². The van der Waals surface area contributed by atoms with E-state index in [2.05, 4.69) is 10.5 Å². The van der Waals surface area contributed by atoms with E-state index in [1.54, 1.807) is 36.4 Å². The van der Waals surface area contributed by atoms with E-state index >= 15 is 0 Å². The van der Waals surface area contributed by atoms with E-state index in [0.29, 0.717) is 16.8 Å². The molecular formula is C21H22N2O5S. The molecule has 0 aromatic heterocycles. The number of rotatable bonds is 9. The van der Waals surface area contributed by atoms with Crippen molar-refractivity contribution in [3.8, 4) is 0 Å². The molecule has 0 heterocycles. The number of nitrogens with zero attached hydrogens (tertiary/aromatic N) is 1. The monoisotopic (exact) mass is 414 g/mol. The third-order valence-electron chi connectivity index (χ3n) is 4.32. The number of carbonyl (C=O) groups is 3. The van der Waals surface area contributed by atoms with Gasteiger partial charge in [0.1, 0.15) is 6.04 Å². The van der Waals surface area contributed by atoms with Gasteiger partial charge in [-0.1, -0.05) is 46.8 Å². The van der Waals surface area contributed by atoms with Gasteiger partial charge in [0.05, 0.1) is 6.42 Å². The fourth-order valence-electron chi connectivity index (χ4n) is 2.80. The Labute approximate surface area is 172 Å². The van der Waals surface area contributed by atoms with Crippen molar-refractivity contribution in [3.05, 3.63) is 70.1 Å². The smallest absolute Gasteiger partial charge is 0.303 e. The van der Waals surface area contributed by atoms with E-state index < -0.39 is 17.9 Å². The highest BCUT2D eigenvalue weighted by Gasteiger charge is 2.27. The third-order valence-corrected chi connectivity index (χ3v) is 5.32. The van der Waals surface area contributed by atoms with Gasteiger partial charge < -0.3 is 10.4 Å². The zero-order chi connectivity index (χ0) is 21.4. The summed E-state index contributed by atoms with van der Waals surface area (Å²) in [5.41, 5.74) is 2.65. The van der Waals surface area contributed by atoms with Crippen LogP contribution in [0, 0.1) is 17.7 Å². The van der Waals surface area contributed by atoms with Gasteiger partial charge in [-0.2, -0.15) is 4.91 Å². The lowest BCUT2D eigenvalue weighted by atomic mass is 9.92. The number of carboxylic acid groups (broad SMARTS) is 1. The summed E-state index contributed by atoms with van der Waals surface area (Å²) in [5, 5.41) is 14.9.